The number of hydrogen-bond acceptors (Lipinski definition) is 2. The van der Waals surface area contributed by atoms with E-state index in [1.165, 1.54) is 29.3 Å². The van der Waals surface area contributed by atoms with Gasteiger partial charge in [0.25, 0.3) is 0 Å². The highest BCUT2D eigenvalue weighted by atomic mass is 79.9. The number of rotatable bonds is 2. The Morgan fingerprint density at radius 2 is 2.00 bits per heavy atom. The van der Waals surface area contributed by atoms with Crippen molar-refractivity contribution in [2.24, 2.45) is 5.73 Å². The third-order valence-electron chi connectivity index (χ3n) is 3.62. The lowest BCUT2D eigenvalue weighted by Gasteiger charge is -2.11. The molecule has 100 valence electrons. The minimum atomic E-state index is -0.368. The first kappa shape index (κ1) is 13.3. The molecule has 4 heteroatoms. The highest BCUT2D eigenvalue weighted by molar-refractivity contribution is 9.10. The fraction of sp³-hybridized carbons (Fsp3) is 0.333. The van der Waals surface area contributed by atoms with E-state index in [1.54, 1.807) is 23.5 Å². The van der Waals surface area contributed by atoms with Gasteiger partial charge in [0.1, 0.15) is 5.82 Å². The lowest BCUT2D eigenvalue weighted by atomic mass is 9.98. The third-order valence-corrected chi connectivity index (χ3v) is 5.43. The van der Waals surface area contributed by atoms with Crippen molar-refractivity contribution in [1.29, 1.82) is 0 Å². The van der Waals surface area contributed by atoms with Gasteiger partial charge in [0, 0.05) is 19.8 Å². The topological polar surface area (TPSA) is 26.0 Å². The fourth-order valence-electron chi connectivity index (χ4n) is 2.57. The summed E-state index contributed by atoms with van der Waals surface area (Å²) in [6.45, 7) is 0. The Bertz CT molecular complexity index is 585. The minimum Gasteiger partial charge on any atom is -0.320 e. The molecule has 1 heterocycles. The van der Waals surface area contributed by atoms with Crippen LogP contribution in [0, 0.1) is 5.82 Å². The van der Waals surface area contributed by atoms with E-state index in [-0.39, 0.29) is 11.9 Å². The quantitative estimate of drug-likeness (QED) is 0.851. The lowest BCUT2D eigenvalue weighted by Crippen LogP contribution is -2.12. The second-order valence-corrected chi connectivity index (χ2v) is 7.03. The van der Waals surface area contributed by atoms with E-state index in [1.807, 2.05) is 0 Å². The van der Waals surface area contributed by atoms with Crippen molar-refractivity contribution in [3.8, 4) is 0 Å². The van der Waals surface area contributed by atoms with E-state index in [0.717, 1.165) is 22.2 Å². The van der Waals surface area contributed by atoms with Crippen molar-refractivity contribution >= 4 is 27.3 Å². The molecule has 0 radical (unpaired) electrons. The van der Waals surface area contributed by atoms with Gasteiger partial charge in [-0.3, -0.25) is 0 Å². The van der Waals surface area contributed by atoms with Gasteiger partial charge in [-0.2, -0.15) is 0 Å². The van der Waals surface area contributed by atoms with E-state index in [0.29, 0.717) is 5.56 Å². The monoisotopic (exact) mass is 339 g/mol. The standard InChI is InChI=1S/C15H15BrFNS/c16-10-5-6-12(17)11(8-10)15(18)14-7-9-3-1-2-4-13(9)19-14/h5-8,15H,1-4,18H2. The summed E-state index contributed by atoms with van der Waals surface area (Å²) in [5.41, 5.74) is 8.22. The summed E-state index contributed by atoms with van der Waals surface area (Å²) in [6.07, 6.45) is 4.80. The fourth-order valence-corrected chi connectivity index (χ4v) is 4.23. The molecule has 2 N–H and O–H groups in total. The Morgan fingerprint density at radius 3 is 2.79 bits per heavy atom. The maximum atomic E-state index is 13.9. The highest BCUT2D eigenvalue weighted by Gasteiger charge is 2.20. The molecule has 1 aliphatic carbocycles. The van der Waals surface area contributed by atoms with Gasteiger partial charge in [0.2, 0.25) is 0 Å². The Labute approximate surface area is 124 Å². The van der Waals surface area contributed by atoms with Crippen LogP contribution in [0.1, 0.15) is 39.8 Å². The molecular formula is C15H15BrFNS. The van der Waals surface area contributed by atoms with E-state index in [4.69, 9.17) is 5.73 Å². The molecule has 0 bridgehead atoms. The van der Waals surface area contributed by atoms with Gasteiger partial charge in [-0.05, 0) is 55.5 Å². The SMILES string of the molecule is NC(c1cc2c(s1)CCCC2)c1cc(Br)ccc1F. The first-order valence-corrected chi connectivity index (χ1v) is 8.08. The van der Waals surface area contributed by atoms with Crippen LogP contribution in [-0.4, -0.2) is 0 Å². The Hall–Kier alpha value is -0.710. The molecule has 1 nitrogen and oxygen atoms in total. The number of aryl methyl sites for hydroxylation is 2. The molecule has 2 aromatic rings. The molecular weight excluding hydrogens is 325 g/mol. The Morgan fingerprint density at radius 1 is 1.21 bits per heavy atom. The van der Waals surface area contributed by atoms with Crippen molar-refractivity contribution in [1.82, 2.24) is 0 Å². The van der Waals surface area contributed by atoms with Crippen molar-refractivity contribution in [2.75, 3.05) is 0 Å². The lowest BCUT2D eigenvalue weighted by molar-refractivity contribution is 0.600. The summed E-state index contributed by atoms with van der Waals surface area (Å²) in [7, 11) is 0. The molecule has 0 saturated heterocycles. The van der Waals surface area contributed by atoms with Gasteiger partial charge >= 0.3 is 0 Å². The molecule has 1 atom stereocenters. The third kappa shape index (κ3) is 2.62. The number of hydrogen-bond donors (Lipinski definition) is 1. The highest BCUT2D eigenvalue weighted by Crippen LogP contribution is 2.35. The normalized spacial score (nSPS) is 16.2. The van der Waals surface area contributed by atoms with Crippen molar-refractivity contribution in [3.63, 3.8) is 0 Å². The number of thiophene rings is 1. The van der Waals surface area contributed by atoms with E-state index in [2.05, 4.69) is 22.0 Å². The zero-order chi connectivity index (χ0) is 13.4. The van der Waals surface area contributed by atoms with Crippen LogP contribution < -0.4 is 5.73 Å². The van der Waals surface area contributed by atoms with Gasteiger partial charge in [0.05, 0.1) is 6.04 Å². The molecule has 0 aliphatic heterocycles. The second kappa shape index (κ2) is 5.35. The van der Waals surface area contributed by atoms with Crippen LogP contribution in [0.25, 0.3) is 0 Å². The van der Waals surface area contributed by atoms with Gasteiger partial charge in [-0.25, -0.2) is 4.39 Å². The average Bonchev–Trinajstić information content (AvgIpc) is 2.84. The molecule has 0 amide bonds. The van der Waals surface area contributed by atoms with Crippen LogP contribution in [0.5, 0.6) is 0 Å². The summed E-state index contributed by atoms with van der Waals surface area (Å²) in [5, 5.41) is 0. The maximum Gasteiger partial charge on any atom is 0.128 e. The molecule has 1 unspecified atom stereocenters. The average molecular weight is 340 g/mol. The number of fused-ring (bicyclic) bond motifs is 1. The summed E-state index contributed by atoms with van der Waals surface area (Å²) < 4.78 is 14.8. The van der Waals surface area contributed by atoms with Crippen LogP contribution in [-0.2, 0) is 12.8 Å². The first-order chi connectivity index (χ1) is 9.15. The second-order valence-electron chi connectivity index (χ2n) is 4.95. The summed E-state index contributed by atoms with van der Waals surface area (Å²) >= 11 is 5.12. The molecule has 1 aromatic heterocycles. The van der Waals surface area contributed by atoms with Crippen LogP contribution >= 0.6 is 27.3 Å². The molecule has 0 fully saturated rings. The number of halogens is 2. The summed E-state index contributed by atoms with van der Waals surface area (Å²) in [6, 6.07) is 6.74. The van der Waals surface area contributed by atoms with Crippen LogP contribution in [0.15, 0.2) is 28.7 Å². The summed E-state index contributed by atoms with van der Waals surface area (Å²) in [4.78, 5) is 2.51. The van der Waals surface area contributed by atoms with Crippen LogP contribution in [0.4, 0.5) is 4.39 Å². The molecule has 3 rings (SSSR count). The molecule has 0 spiro atoms. The number of benzene rings is 1. The Kier molecular flexibility index (Phi) is 3.74. The van der Waals surface area contributed by atoms with Gasteiger partial charge < -0.3 is 5.73 Å². The van der Waals surface area contributed by atoms with Crippen LogP contribution in [0.2, 0.25) is 0 Å². The van der Waals surface area contributed by atoms with Gasteiger partial charge in [-0.15, -0.1) is 11.3 Å². The predicted molar refractivity (Wildman–Crippen MR) is 81.1 cm³/mol. The smallest absolute Gasteiger partial charge is 0.128 e. The maximum absolute atomic E-state index is 13.9. The molecule has 1 aliphatic rings. The summed E-state index contributed by atoms with van der Waals surface area (Å²) in [5.74, 6) is -0.234. The minimum absolute atomic E-state index is 0.234. The zero-order valence-electron chi connectivity index (χ0n) is 10.5. The number of nitrogens with two attached hydrogens (primary N) is 1. The molecule has 0 saturated carbocycles. The van der Waals surface area contributed by atoms with E-state index < -0.39 is 0 Å². The van der Waals surface area contributed by atoms with E-state index >= 15 is 0 Å². The zero-order valence-corrected chi connectivity index (χ0v) is 12.9. The molecule has 19 heavy (non-hydrogen) atoms. The van der Waals surface area contributed by atoms with Crippen molar-refractivity contribution < 1.29 is 4.39 Å². The largest absolute Gasteiger partial charge is 0.320 e. The van der Waals surface area contributed by atoms with Crippen molar-refractivity contribution in [3.05, 3.63) is 55.4 Å². The first-order valence-electron chi connectivity index (χ1n) is 6.47. The van der Waals surface area contributed by atoms with Gasteiger partial charge in [0.15, 0.2) is 0 Å². The van der Waals surface area contributed by atoms with Crippen molar-refractivity contribution in [2.45, 2.75) is 31.7 Å². The Balaban J connectivity index is 1.97. The van der Waals surface area contributed by atoms with E-state index in [9.17, 15) is 4.39 Å². The van der Waals surface area contributed by atoms with Gasteiger partial charge in [-0.1, -0.05) is 15.9 Å². The molecule has 1 aromatic carbocycles. The van der Waals surface area contributed by atoms with Crippen LogP contribution in [0.3, 0.4) is 0 Å². The predicted octanol–water partition coefficient (Wildman–Crippen LogP) is 4.58.